The molecule has 0 aliphatic carbocycles. The summed E-state index contributed by atoms with van der Waals surface area (Å²) in [6.07, 6.45) is 4.01. The van der Waals surface area contributed by atoms with Gasteiger partial charge < -0.3 is 5.11 Å². The molecule has 0 aliphatic heterocycles. The van der Waals surface area contributed by atoms with Gasteiger partial charge >= 0.3 is 6.09 Å². The fourth-order valence-corrected chi connectivity index (χ4v) is 2.37. The monoisotopic (exact) mass is 320 g/mol. The van der Waals surface area contributed by atoms with Crippen molar-refractivity contribution in [2.75, 3.05) is 0 Å². The molecule has 3 aromatic heterocycles. The molecule has 3 rings (SSSR count). The lowest BCUT2D eigenvalue weighted by atomic mass is 10.2. The van der Waals surface area contributed by atoms with E-state index in [2.05, 4.69) is 26.0 Å². The highest BCUT2D eigenvalue weighted by Gasteiger charge is 2.17. The number of halogens is 1. The molecule has 0 radical (unpaired) electrons. The molecule has 7 heteroatoms. The summed E-state index contributed by atoms with van der Waals surface area (Å²) in [6.45, 7) is 0. The first kappa shape index (κ1) is 11.9. The van der Waals surface area contributed by atoms with E-state index < -0.39 is 6.09 Å². The Bertz CT molecular complexity index is 790. The normalized spacial score (nSPS) is 11.1. The Morgan fingerprint density at radius 2 is 2.16 bits per heavy atom. The number of aryl methyl sites for hydroxylation is 1. The van der Waals surface area contributed by atoms with Crippen LogP contribution >= 0.6 is 15.9 Å². The summed E-state index contributed by atoms with van der Waals surface area (Å²) >= 11 is 3.25. The third-order valence-corrected chi connectivity index (χ3v) is 3.28. The summed E-state index contributed by atoms with van der Waals surface area (Å²) in [6, 6.07) is 3.48. The number of carboxylic acid groups (broad SMARTS) is 1. The molecule has 3 aromatic rings. The number of hydrogen-bond acceptors (Lipinski definition) is 3. The van der Waals surface area contributed by atoms with Crippen LogP contribution in [0.5, 0.6) is 0 Å². The fourth-order valence-electron chi connectivity index (χ4n) is 2.05. The maximum absolute atomic E-state index is 11.5. The Kier molecular flexibility index (Phi) is 2.63. The van der Waals surface area contributed by atoms with E-state index in [1.54, 1.807) is 42.5 Å². The van der Waals surface area contributed by atoms with E-state index in [1.165, 1.54) is 4.57 Å². The van der Waals surface area contributed by atoms with E-state index in [1.807, 2.05) is 0 Å². The molecule has 0 bridgehead atoms. The molecule has 3 heterocycles. The van der Waals surface area contributed by atoms with Crippen molar-refractivity contribution in [3.8, 4) is 11.3 Å². The van der Waals surface area contributed by atoms with E-state index in [4.69, 9.17) is 0 Å². The van der Waals surface area contributed by atoms with Crippen molar-refractivity contribution in [1.82, 2.24) is 19.3 Å². The minimum absolute atomic E-state index is 0.579. The van der Waals surface area contributed by atoms with Gasteiger partial charge in [0.2, 0.25) is 0 Å². The molecule has 0 atom stereocenters. The van der Waals surface area contributed by atoms with Gasteiger partial charge in [-0.25, -0.2) is 14.3 Å². The number of nitrogens with zero attached hydrogens (tertiary/aromatic N) is 4. The third kappa shape index (κ3) is 1.91. The molecular weight excluding hydrogens is 312 g/mol. The van der Waals surface area contributed by atoms with Gasteiger partial charge in [0.1, 0.15) is 4.60 Å². The van der Waals surface area contributed by atoms with Gasteiger partial charge in [0.25, 0.3) is 0 Å². The van der Waals surface area contributed by atoms with Crippen LogP contribution in [0.25, 0.3) is 22.2 Å². The standard InChI is InChI=1S/C12H9BrN4O2/c1-16-6-8(5-15-16)9-2-7-4-14-11(13)3-10(7)17(9)12(18)19/h2-6H,1H3,(H,18,19). The first-order valence-corrected chi connectivity index (χ1v) is 6.25. The van der Waals surface area contributed by atoms with Crippen LogP contribution in [-0.2, 0) is 7.05 Å². The zero-order valence-corrected chi connectivity index (χ0v) is 11.5. The van der Waals surface area contributed by atoms with Crippen LogP contribution in [0.2, 0.25) is 0 Å². The largest absolute Gasteiger partial charge is 0.464 e. The lowest BCUT2D eigenvalue weighted by molar-refractivity contribution is 0.198. The molecule has 0 aromatic carbocycles. The van der Waals surface area contributed by atoms with Gasteiger partial charge in [0.15, 0.2) is 0 Å². The smallest absolute Gasteiger partial charge is 0.416 e. The zero-order chi connectivity index (χ0) is 13.6. The number of pyridine rings is 1. The molecule has 6 nitrogen and oxygen atoms in total. The van der Waals surface area contributed by atoms with Crippen molar-refractivity contribution in [1.29, 1.82) is 0 Å². The minimum atomic E-state index is -1.04. The van der Waals surface area contributed by atoms with Crippen molar-refractivity contribution in [2.24, 2.45) is 7.05 Å². The van der Waals surface area contributed by atoms with Gasteiger partial charge in [0.05, 0.1) is 17.4 Å². The van der Waals surface area contributed by atoms with Gasteiger partial charge in [-0.15, -0.1) is 0 Å². The number of fused-ring (bicyclic) bond motifs is 1. The Balaban J connectivity index is 2.35. The van der Waals surface area contributed by atoms with Gasteiger partial charge in [0, 0.05) is 30.4 Å². The predicted molar refractivity (Wildman–Crippen MR) is 73.1 cm³/mol. The quantitative estimate of drug-likeness (QED) is 0.700. The van der Waals surface area contributed by atoms with Crippen LogP contribution in [0, 0.1) is 0 Å². The van der Waals surface area contributed by atoms with Crippen molar-refractivity contribution in [3.05, 3.63) is 35.3 Å². The van der Waals surface area contributed by atoms with E-state index in [0.717, 1.165) is 10.9 Å². The second-order valence-corrected chi connectivity index (χ2v) is 4.93. The molecule has 0 amide bonds. The van der Waals surface area contributed by atoms with Gasteiger partial charge in [-0.05, 0) is 28.1 Å². The predicted octanol–water partition coefficient (Wildman–Crippen LogP) is 2.73. The summed E-state index contributed by atoms with van der Waals surface area (Å²) in [4.78, 5) is 15.6. The summed E-state index contributed by atoms with van der Waals surface area (Å²) in [7, 11) is 1.79. The zero-order valence-electron chi connectivity index (χ0n) is 9.91. The lowest BCUT2D eigenvalue weighted by Gasteiger charge is -2.02. The van der Waals surface area contributed by atoms with Gasteiger partial charge in [-0.3, -0.25) is 4.68 Å². The first-order chi connectivity index (χ1) is 9.06. The Morgan fingerprint density at radius 3 is 2.79 bits per heavy atom. The maximum atomic E-state index is 11.5. The van der Waals surface area contributed by atoms with E-state index in [9.17, 15) is 9.90 Å². The minimum Gasteiger partial charge on any atom is -0.464 e. The van der Waals surface area contributed by atoms with Crippen molar-refractivity contribution in [2.45, 2.75) is 0 Å². The van der Waals surface area contributed by atoms with Crippen LogP contribution < -0.4 is 0 Å². The molecule has 0 aliphatic rings. The molecule has 0 spiro atoms. The number of hydrogen-bond donors (Lipinski definition) is 1. The average molecular weight is 321 g/mol. The van der Waals surface area contributed by atoms with Crippen LogP contribution in [0.3, 0.4) is 0 Å². The Labute approximate surface area is 116 Å². The topological polar surface area (TPSA) is 72.9 Å². The second kappa shape index (κ2) is 4.20. The fraction of sp³-hybridized carbons (Fsp3) is 0.0833. The lowest BCUT2D eigenvalue weighted by Crippen LogP contribution is -2.08. The van der Waals surface area contributed by atoms with Crippen LogP contribution in [0.15, 0.2) is 35.3 Å². The van der Waals surface area contributed by atoms with Crippen molar-refractivity contribution >= 4 is 32.9 Å². The third-order valence-electron chi connectivity index (χ3n) is 2.84. The Hall–Kier alpha value is -2.15. The maximum Gasteiger partial charge on any atom is 0.416 e. The highest BCUT2D eigenvalue weighted by molar-refractivity contribution is 9.10. The first-order valence-electron chi connectivity index (χ1n) is 5.45. The van der Waals surface area contributed by atoms with Crippen molar-refractivity contribution < 1.29 is 9.90 Å². The van der Waals surface area contributed by atoms with Crippen LogP contribution in [-0.4, -0.2) is 30.5 Å². The number of carbonyl (C=O) groups is 1. The summed E-state index contributed by atoms with van der Waals surface area (Å²) < 4.78 is 3.46. The summed E-state index contributed by atoms with van der Waals surface area (Å²) in [5, 5.41) is 14.2. The number of aromatic nitrogens is 4. The number of rotatable bonds is 1. The molecule has 0 saturated carbocycles. The van der Waals surface area contributed by atoms with E-state index in [0.29, 0.717) is 15.8 Å². The second-order valence-electron chi connectivity index (χ2n) is 4.12. The molecule has 19 heavy (non-hydrogen) atoms. The summed E-state index contributed by atoms with van der Waals surface area (Å²) in [5.41, 5.74) is 1.92. The molecule has 0 fully saturated rings. The molecular formula is C12H9BrN4O2. The van der Waals surface area contributed by atoms with E-state index >= 15 is 0 Å². The van der Waals surface area contributed by atoms with Crippen molar-refractivity contribution in [3.63, 3.8) is 0 Å². The molecule has 96 valence electrons. The SMILES string of the molecule is Cn1cc(-c2cc3cnc(Br)cc3n2C(=O)O)cn1. The van der Waals surface area contributed by atoms with Crippen LogP contribution in [0.1, 0.15) is 0 Å². The van der Waals surface area contributed by atoms with Gasteiger partial charge in [-0.1, -0.05) is 0 Å². The van der Waals surface area contributed by atoms with E-state index in [-0.39, 0.29) is 0 Å². The highest BCUT2D eigenvalue weighted by Crippen LogP contribution is 2.28. The molecule has 0 unspecified atom stereocenters. The Morgan fingerprint density at radius 1 is 1.37 bits per heavy atom. The average Bonchev–Trinajstić information content (AvgIpc) is 2.91. The highest BCUT2D eigenvalue weighted by atomic mass is 79.9. The molecule has 1 N–H and O–H groups in total. The van der Waals surface area contributed by atoms with Gasteiger partial charge in [-0.2, -0.15) is 5.10 Å². The van der Waals surface area contributed by atoms with Crippen LogP contribution in [0.4, 0.5) is 4.79 Å². The summed E-state index contributed by atoms with van der Waals surface area (Å²) in [5.74, 6) is 0. The molecule has 0 saturated heterocycles.